The molecule has 0 radical (unpaired) electrons. The van der Waals surface area contributed by atoms with Gasteiger partial charge in [0.15, 0.2) is 0 Å². The van der Waals surface area contributed by atoms with Crippen molar-refractivity contribution in [1.29, 1.82) is 0 Å². The lowest BCUT2D eigenvalue weighted by Gasteiger charge is -2.39. The number of halogens is 2. The highest BCUT2D eigenvalue weighted by Gasteiger charge is 2.73. The fourth-order valence-corrected chi connectivity index (χ4v) is 6.32. The molecule has 1 saturated carbocycles. The van der Waals surface area contributed by atoms with E-state index in [9.17, 15) is 13.6 Å². The van der Waals surface area contributed by atoms with E-state index in [1.54, 1.807) is 24.3 Å². The number of anilines is 1. The smallest absolute Gasteiger partial charge is 0.288 e. The Labute approximate surface area is 196 Å². The largest absolute Gasteiger partial charge is 0.325 e. The van der Waals surface area contributed by atoms with Crippen molar-refractivity contribution in [3.05, 3.63) is 58.9 Å². The number of thioether (sulfide) groups is 1. The summed E-state index contributed by atoms with van der Waals surface area (Å²) in [6.45, 7) is 10.6. The van der Waals surface area contributed by atoms with Crippen LogP contribution in [0.3, 0.4) is 0 Å². The van der Waals surface area contributed by atoms with E-state index in [-0.39, 0.29) is 16.7 Å². The fourth-order valence-electron chi connectivity index (χ4n) is 5.82. The molecule has 1 heterocycles. The summed E-state index contributed by atoms with van der Waals surface area (Å²) in [7, 11) is 0. The van der Waals surface area contributed by atoms with E-state index in [0.29, 0.717) is 28.8 Å². The highest BCUT2D eigenvalue weighted by Crippen LogP contribution is 2.70. The van der Waals surface area contributed by atoms with Crippen molar-refractivity contribution >= 4 is 34.4 Å². The summed E-state index contributed by atoms with van der Waals surface area (Å²) in [5, 5.41) is 3.06. The second-order valence-electron chi connectivity index (χ2n) is 10.1. The predicted octanol–water partition coefficient (Wildman–Crippen LogP) is 6.53. The molecule has 5 rings (SSSR count). The zero-order valence-electron chi connectivity index (χ0n) is 19.4. The van der Waals surface area contributed by atoms with Crippen molar-refractivity contribution in [2.24, 2.45) is 5.41 Å². The Balaban J connectivity index is 1.59. The second kappa shape index (κ2) is 7.23. The number of carbonyl (C=O) groups excluding carboxylic acids is 1. The molecule has 4 nitrogen and oxygen atoms in total. The van der Waals surface area contributed by atoms with Gasteiger partial charge in [0.05, 0.1) is 27.8 Å². The van der Waals surface area contributed by atoms with E-state index in [2.05, 4.69) is 46.0 Å². The summed E-state index contributed by atoms with van der Waals surface area (Å²) in [5.41, 5.74) is 4.81. The topological polar surface area (TPSA) is 54.9 Å². The van der Waals surface area contributed by atoms with Gasteiger partial charge < -0.3 is 5.32 Å². The monoisotopic (exact) mass is 467 g/mol. The predicted molar refractivity (Wildman–Crippen MR) is 128 cm³/mol. The molecular weight excluding hydrogens is 440 g/mol. The van der Waals surface area contributed by atoms with Gasteiger partial charge >= 0.3 is 0 Å². The second-order valence-corrected chi connectivity index (χ2v) is 11.1. The Bertz CT molecular complexity index is 1290. The molecule has 2 aromatic carbocycles. The molecule has 2 unspecified atom stereocenters. The zero-order chi connectivity index (χ0) is 23.8. The van der Waals surface area contributed by atoms with E-state index >= 15 is 0 Å². The summed E-state index contributed by atoms with van der Waals surface area (Å²) >= 11 is 0.491. The van der Waals surface area contributed by atoms with Gasteiger partial charge in [-0.2, -0.15) is 8.78 Å². The van der Waals surface area contributed by atoms with E-state index < -0.39 is 11.2 Å². The van der Waals surface area contributed by atoms with Crippen LogP contribution in [0.25, 0.3) is 11.0 Å². The highest BCUT2D eigenvalue weighted by molar-refractivity contribution is 7.99. The van der Waals surface area contributed by atoms with Gasteiger partial charge in [-0.3, -0.25) is 4.79 Å². The average Bonchev–Trinajstić information content (AvgIpc) is 3.04. The van der Waals surface area contributed by atoms with Crippen molar-refractivity contribution in [3.8, 4) is 0 Å². The summed E-state index contributed by atoms with van der Waals surface area (Å²) in [4.78, 5) is 24.5. The van der Waals surface area contributed by atoms with Crippen LogP contribution in [0.4, 0.5) is 14.5 Å². The van der Waals surface area contributed by atoms with E-state index in [4.69, 9.17) is 9.97 Å². The van der Waals surface area contributed by atoms with Gasteiger partial charge in [0, 0.05) is 16.0 Å². The molecule has 1 amide bonds. The molecule has 0 saturated heterocycles. The van der Waals surface area contributed by atoms with Crippen molar-refractivity contribution in [3.63, 3.8) is 0 Å². The van der Waals surface area contributed by atoms with Gasteiger partial charge in [-0.1, -0.05) is 32.5 Å². The number of hydrogen-bond acceptors (Lipinski definition) is 4. The number of alkyl halides is 2. The van der Waals surface area contributed by atoms with Crippen molar-refractivity contribution in [2.75, 3.05) is 5.32 Å². The van der Waals surface area contributed by atoms with Crippen LogP contribution < -0.4 is 5.32 Å². The number of carbonyl (C=O) groups is 1. The van der Waals surface area contributed by atoms with Gasteiger partial charge in [-0.25, -0.2) is 9.97 Å². The number of rotatable bonds is 4. The van der Waals surface area contributed by atoms with Crippen molar-refractivity contribution in [2.45, 2.75) is 68.9 Å². The Morgan fingerprint density at radius 2 is 1.55 bits per heavy atom. The molecule has 0 aliphatic heterocycles. The van der Waals surface area contributed by atoms with Crippen LogP contribution >= 0.6 is 11.8 Å². The lowest BCUT2D eigenvalue weighted by Crippen LogP contribution is -2.48. The Hall–Kier alpha value is -2.54. The third-order valence-corrected chi connectivity index (χ3v) is 9.10. The maximum Gasteiger partial charge on any atom is 0.288 e. The van der Waals surface area contributed by atoms with Crippen LogP contribution in [0, 0.1) is 19.3 Å². The average molecular weight is 468 g/mol. The summed E-state index contributed by atoms with van der Waals surface area (Å²) in [6.07, 6.45) is 1.55. The van der Waals surface area contributed by atoms with Gasteiger partial charge in [0.25, 0.3) is 5.76 Å². The molecule has 172 valence electrons. The Morgan fingerprint density at radius 3 is 2.12 bits per heavy atom. The molecule has 0 spiro atoms. The molecule has 2 aliphatic rings. The lowest BCUT2D eigenvalue weighted by molar-refractivity contribution is -0.125. The summed E-state index contributed by atoms with van der Waals surface area (Å²) in [6, 6.07) is 10.7. The maximum atomic E-state index is 13.9. The first-order valence-corrected chi connectivity index (χ1v) is 12.0. The zero-order valence-corrected chi connectivity index (χ0v) is 20.2. The molecule has 2 aliphatic carbocycles. The maximum absolute atomic E-state index is 13.9. The first kappa shape index (κ1) is 22.3. The molecule has 1 N–H and O–H groups in total. The number of aromatic nitrogens is 2. The van der Waals surface area contributed by atoms with Gasteiger partial charge in [-0.05, 0) is 79.6 Å². The number of amides is 1. The quantitative estimate of drug-likeness (QED) is 0.443. The molecule has 2 bridgehead atoms. The van der Waals surface area contributed by atoms with Crippen molar-refractivity contribution < 1.29 is 13.6 Å². The summed E-state index contributed by atoms with van der Waals surface area (Å²) < 4.78 is 25.3. The van der Waals surface area contributed by atoms with Crippen LogP contribution in [0.1, 0.15) is 56.1 Å². The number of aryl methyl sites for hydroxylation is 2. The highest BCUT2D eigenvalue weighted by atomic mass is 32.2. The Kier molecular flexibility index (Phi) is 4.88. The number of nitrogens with zero attached hydrogens (tertiary/aromatic N) is 2. The molecule has 3 aromatic rings. The van der Waals surface area contributed by atoms with Crippen LogP contribution in [0.2, 0.25) is 0 Å². The number of nitrogens with one attached hydrogen (secondary N) is 1. The minimum Gasteiger partial charge on any atom is -0.325 e. The molecule has 2 atom stereocenters. The third kappa shape index (κ3) is 2.97. The van der Waals surface area contributed by atoms with E-state index in [1.807, 2.05) is 6.07 Å². The van der Waals surface area contributed by atoms with Gasteiger partial charge in [0.2, 0.25) is 5.91 Å². The number of hydrogen-bond donors (Lipinski definition) is 1. The molecule has 1 aromatic heterocycles. The van der Waals surface area contributed by atoms with Gasteiger partial charge in [-0.15, -0.1) is 0 Å². The summed E-state index contributed by atoms with van der Waals surface area (Å²) in [5.74, 6) is -2.58. The SMILES string of the molecule is Cc1cc2nc3c(nc2cc1C)C1(C(=O)Nc2ccc(SC(F)F)cc2)CCC3(C)C1(C)C. The van der Waals surface area contributed by atoms with Crippen molar-refractivity contribution in [1.82, 2.24) is 9.97 Å². The lowest BCUT2D eigenvalue weighted by atomic mass is 9.63. The van der Waals surface area contributed by atoms with Crippen LogP contribution in [-0.4, -0.2) is 21.6 Å². The van der Waals surface area contributed by atoms with E-state index in [0.717, 1.165) is 34.4 Å². The molecule has 33 heavy (non-hydrogen) atoms. The molecule has 1 fully saturated rings. The number of benzene rings is 2. The third-order valence-electron chi connectivity index (χ3n) is 8.38. The normalized spacial score (nSPS) is 25.0. The van der Waals surface area contributed by atoms with Crippen LogP contribution in [0.5, 0.6) is 0 Å². The van der Waals surface area contributed by atoms with Crippen LogP contribution in [0.15, 0.2) is 41.3 Å². The first-order chi connectivity index (χ1) is 15.5. The molecule has 7 heteroatoms. The standard InChI is InChI=1S/C26H27F2N3OS/c1-14-12-18-19(13-15(14)2)31-21-20(30-18)25(5)10-11-26(21,24(25,3)4)22(32)29-16-6-8-17(9-7-16)33-23(27)28/h6-9,12-13,23H,10-11H2,1-5H3,(H,29,32). The fraction of sp³-hybridized carbons (Fsp3) is 0.423. The minimum absolute atomic E-state index is 0.110. The first-order valence-electron chi connectivity index (χ1n) is 11.2. The van der Waals surface area contributed by atoms with Crippen LogP contribution in [-0.2, 0) is 15.6 Å². The number of fused-ring (bicyclic) bond motifs is 6. The molecular formula is C26H27F2N3OS. The Morgan fingerprint density at radius 1 is 0.970 bits per heavy atom. The minimum atomic E-state index is -2.47. The van der Waals surface area contributed by atoms with Gasteiger partial charge in [0.1, 0.15) is 0 Å². The van der Waals surface area contributed by atoms with E-state index in [1.165, 1.54) is 5.56 Å².